The molecule has 5 nitrogen and oxygen atoms in total. The molecule has 0 amide bonds. The van der Waals surface area contributed by atoms with Gasteiger partial charge in [-0.1, -0.05) is 0 Å². The Labute approximate surface area is 138 Å². The Morgan fingerprint density at radius 3 is 2.96 bits per heavy atom. The van der Waals surface area contributed by atoms with Gasteiger partial charge in [0.15, 0.2) is 0 Å². The fraction of sp³-hybridized carbons (Fsp3) is 0.375. The fourth-order valence-electron chi connectivity index (χ4n) is 3.60. The maximum Gasteiger partial charge on any atom is 0.329 e. The Morgan fingerprint density at radius 1 is 1.43 bits per heavy atom. The molecule has 0 N–H and O–H groups in total. The predicted molar refractivity (Wildman–Crippen MR) is 87.4 cm³/mol. The number of hydrogen-bond donors (Lipinski definition) is 0. The Balaban J connectivity index is 2.03. The molecule has 23 heavy (non-hydrogen) atoms. The summed E-state index contributed by atoms with van der Waals surface area (Å²) in [4.78, 5) is 17.1. The van der Waals surface area contributed by atoms with Crippen molar-refractivity contribution >= 4 is 37.9 Å². The number of ether oxygens (including phenoxy) is 1. The number of nitrogens with zero attached hydrogens (tertiary/aromatic N) is 3. The highest BCUT2D eigenvalue weighted by atomic mass is 79.9. The van der Waals surface area contributed by atoms with Gasteiger partial charge >= 0.3 is 5.69 Å². The zero-order valence-electron chi connectivity index (χ0n) is 12.3. The van der Waals surface area contributed by atoms with Crippen LogP contribution in [0.4, 0.5) is 4.39 Å². The van der Waals surface area contributed by atoms with E-state index in [0.717, 1.165) is 23.9 Å². The van der Waals surface area contributed by atoms with Crippen LogP contribution in [0.3, 0.4) is 0 Å². The molecule has 0 saturated heterocycles. The third-order valence-corrected chi connectivity index (χ3v) is 5.69. The average molecular weight is 378 g/mol. The Bertz CT molecular complexity index is 1050. The summed E-state index contributed by atoms with van der Waals surface area (Å²) in [6, 6.07) is 1.37. The molecular formula is C16H13BrFN3O2. The van der Waals surface area contributed by atoms with Crippen LogP contribution in [0.1, 0.15) is 18.9 Å². The van der Waals surface area contributed by atoms with Crippen molar-refractivity contribution in [3.05, 3.63) is 33.0 Å². The number of pyridine rings is 1. The maximum absolute atomic E-state index is 14.2. The van der Waals surface area contributed by atoms with E-state index < -0.39 is 5.82 Å². The minimum atomic E-state index is -0.408. The number of benzene rings is 1. The van der Waals surface area contributed by atoms with Gasteiger partial charge in [0, 0.05) is 13.1 Å². The summed E-state index contributed by atoms with van der Waals surface area (Å²) in [5, 5.41) is 0.705. The van der Waals surface area contributed by atoms with Crippen molar-refractivity contribution in [3.8, 4) is 5.75 Å². The molecule has 1 aliphatic heterocycles. The van der Waals surface area contributed by atoms with Crippen molar-refractivity contribution in [2.75, 3.05) is 6.61 Å². The van der Waals surface area contributed by atoms with E-state index in [1.54, 1.807) is 17.8 Å². The topological polar surface area (TPSA) is 49.0 Å². The van der Waals surface area contributed by atoms with E-state index >= 15 is 0 Å². The number of halogens is 2. The van der Waals surface area contributed by atoms with Crippen LogP contribution >= 0.6 is 15.9 Å². The van der Waals surface area contributed by atoms with Gasteiger partial charge < -0.3 is 4.74 Å². The van der Waals surface area contributed by atoms with E-state index in [9.17, 15) is 9.18 Å². The standard InChI is InChI=1S/C16H13BrFN3O2/c1-20-10-5-19-9-4-8(18)13(17)15-12(9)14(10)21(16(20)22)11(6-23-15)7-2-3-7/h4-5,7,11H,2-3,6H2,1H3. The van der Waals surface area contributed by atoms with Gasteiger partial charge in [-0.2, -0.15) is 0 Å². The summed E-state index contributed by atoms with van der Waals surface area (Å²) in [7, 11) is 1.75. The van der Waals surface area contributed by atoms with Gasteiger partial charge in [0.25, 0.3) is 0 Å². The van der Waals surface area contributed by atoms with E-state index in [4.69, 9.17) is 4.74 Å². The van der Waals surface area contributed by atoms with Gasteiger partial charge in [-0.15, -0.1) is 0 Å². The molecule has 2 aromatic heterocycles. The van der Waals surface area contributed by atoms with Crippen LogP contribution in [0, 0.1) is 11.7 Å². The van der Waals surface area contributed by atoms with Crippen molar-refractivity contribution in [2.24, 2.45) is 13.0 Å². The quantitative estimate of drug-likeness (QED) is 0.654. The predicted octanol–water partition coefficient (Wildman–Crippen LogP) is 3.13. The first-order valence-electron chi connectivity index (χ1n) is 7.58. The van der Waals surface area contributed by atoms with Crippen LogP contribution in [-0.4, -0.2) is 20.7 Å². The molecule has 3 aromatic rings. The molecule has 1 unspecified atom stereocenters. The van der Waals surface area contributed by atoms with E-state index in [1.165, 1.54) is 6.07 Å². The third-order valence-electron chi connectivity index (χ3n) is 4.95. The minimum Gasteiger partial charge on any atom is -0.489 e. The van der Waals surface area contributed by atoms with Gasteiger partial charge in [0.2, 0.25) is 0 Å². The van der Waals surface area contributed by atoms with Gasteiger partial charge in [-0.25, -0.2) is 9.18 Å². The molecule has 7 heteroatoms. The molecule has 1 aliphatic carbocycles. The normalized spacial score (nSPS) is 20.2. The second-order valence-electron chi connectivity index (χ2n) is 6.32. The Kier molecular flexibility index (Phi) is 2.56. The lowest BCUT2D eigenvalue weighted by Crippen LogP contribution is -2.30. The van der Waals surface area contributed by atoms with Crippen LogP contribution in [-0.2, 0) is 7.05 Å². The second-order valence-corrected chi connectivity index (χ2v) is 7.11. The molecule has 0 radical (unpaired) electrons. The van der Waals surface area contributed by atoms with Crippen LogP contribution < -0.4 is 10.4 Å². The number of hydrogen-bond acceptors (Lipinski definition) is 3. The first kappa shape index (κ1) is 13.5. The van der Waals surface area contributed by atoms with E-state index in [0.29, 0.717) is 33.6 Å². The summed E-state index contributed by atoms with van der Waals surface area (Å²) in [5.41, 5.74) is 1.98. The molecule has 1 aromatic carbocycles. The second kappa shape index (κ2) is 4.35. The Morgan fingerprint density at radius 2 is 2.22 bits per heavy atom. The molecular weight excluding hydrogens is 365 g/mol. The van der Waals surface area contributed by atoms with E-state index in [2.05, 4.69) is 20.9 Å². The van der Waals surface area contributed by atoms with Crippen LogP contribution in [0.2, 0.25) is 0 Å². The van der Waals surface area contributed by atoms with Crippen molar-refractivity contribution in [1.29, 1.82) is 0 Å². The lowest BCUT2D eigenvalue weighted by atomic mass is 10.1. The van der Waals surface area contributed by atoms with Crippen molar-refractivity contribution in [3.63, 3.8) is 0 Å². The highest BCUT2D eigenvalue weighted by Crippen LogP contribution is 2.46. The molecule has 118 valence electrons. The number of rotatable bonds is 1. The van der Waals surface area contributed by atoms with Crippen LogP contribution in [0.5, 0.6) is 5.75 Å². The summed E-state index contributed by atoms with van der Waals surface area (Å²) in [5.74, 6) is 0.481. The van der Waals surface area contributed by atoms with Crippen molar-refractivity contribution < 1.29 is 9.13 Å². The SMILES string of the molecule is Cn1c(=O)n2c3c4c(c(Br)c(F)cc4ncc31)OCC2C1CC1. The molecule has 0 bridgehead atoms. The molecule has 3 heterocycles. The zero-order chi connectivity index (χ0) is 15.9. The minimum absolute atomic E-state index is 0.0147. The molecule has 5 rings (SSSR count). The van der Waals surface area contributed by atoms with Crippen LogP contribution in [0.25, 0.3) is 21.9 Å². The Hall–Kier alpha value is -1.89. The maximum atomic E-state index is 14.2. The number of aryl methyl sites for hydroxylation is 1. The first-order chi connectivity index (χ1) is 11.1. The first-order valence-corrected chi connectivity index (χ1v) is 8.37. The highest BCUT2D eigenvalue weighted by Gasteiger charge is 2.38. The molecule has 1 atom stereocenters. The van der Waals surface area contributed by atoms with Gasteiger partial charge in [0.05, 0.1) is 38.6 Å². The molecule has 1 fully saturated rings. The van der Waals surface area contributed by atoms with Crippen molar-refractivity contribution in [1.82, 2.24) is 14.1 Å². The molecule has 0 spiro atoms. The lowest BCUT2D eigenvalue weighted by molar-refractivity contribution is 0.237. The summed E-state index contributed by atoms with van der Waals surface area (Å²) in [6.45, 7) is 0.371. The van der Waals surface area contributed by atoms with Gasteiger partial charge in [0.1, 0.15) is 18.2 Å². The largest absolute Gasteiger partial charge is 0.489 e. The van der Waals surface area contributed by atoms with Gasteiger partial charge in [-0.3, -0.25) is 14.1 Å². The van der Waals surface area contributed by atoms with Gasteiger partial charge in [-0.05, 0) is 34.7 Å². The van der Waals surface area contributed by atoms with E-state index in [-0.39, 0.29) is 11.7 Å². The molecule has 1 saturated carbocycles. The summed E-state index contributed by atoms with van der Waals surface area (Å²) in [6.07, 6.45) is 3.83. The van der Waals surface area contributed by atoms with Crippen molar-refractivity contribution in [2.45, 2.75) is 18.9 Å². The fourth-order valence-corrected chi connectivity index (χ4v) is 4.03. The number of imidazole rings is 1. The molecule has 2 aliphatic rings. The van der Waals surface area contributed by atoms with E-state index in [1.807, 2.05) is 4.57 Å². The monoisotopic (exact) mass is 377 g/mol. The summed E-state index contributed by atoms with van der Waals surface area (Å²) < 4.78 is 23.8. The number of aromatic nitrogens is 3. The average Bonchev–Trinajstić information content (AvgIpc) is 3.34. The zero-order valence-corrected chi connectivity index (χ0v) is 13.9. The highest BCUT2D eigenvalue weighted by molar-refractivity contribution is 9.10. The smallest absolute Gasteiger partial charge is 0.329 e. The lowest BCUT2D eigenvalue weighted by Gasteiger charge is -2.16. The van der Waals surface area contributed by atoms with Crippen LogP contribution in [0.15, 0.2) is 21.5 Å². The summed E-state index contributed by atoms with van der Waals surface area (Å²) >= 11 is 3.29. The third kappa shape index (κ3) is 1.66.